The Morgan fingerprint density at radius 3 is 1.89 bits per heavy atom. The van der Waals surface area contributed by atoms with Gasteiger partial charge in [0.1, 0.15) is 23.9 Å². The van der Waals surface area contributed by atoms with E-state index >= 15 is 0 Å². The molecular weight excluding hydrogens is 651 g/mol. The summed E-state index contributed by atoms with van der Waals surface area (Å²) in [5.41, 5.74) is 15.7. The molecule has 0 spiro atoms. The topological polar surface area (TPSA) is 57.8 Å². The summed E-state index contributed by atoms with van der Waals surface area (Å²) in [5, 5.41) is 0. The summed E-state index contributed by atoms with van der Waals surface area (Å²) >= 11 is 0. The van der Waals surface area contributed by atoms with E-state index < -0.39 is 0 Å². The third-order valence-corrected chi connectivity index (χ3v) is 11.3. The van der Waals surface area contributed by atoms with Crippen molar-refractivity contribution in [2.45, 2.75) is 77.9 Å². The molecular formula is C47H45N5O. The summed E-state index contributed by atoms with van der Waals surface area (Å²) in [6.07, 6.45) is 5.73. The van der Waals surface area contributed by atoms with Crippen LogP contribution in [0, 0.1) is 20.8 Å². The van der Waals surface area contributed by atoms with Crippen LogP contribution in [0.3, 0.4) is 0 Å². The number of aryl methyl sites for hydroxylation is 3. The van der Waals surface area contributed by atoms with Crippen molar-refractivity contribution >= 4 is 0 Å². The maximum absolute atomic E-state index is 6.40. The van der Waals surface area contributed by atoms with Crippen molar-refractivity contribution in [1.82, 2.24) is 24.1 Å². The largest absolute Gasteiger partial charge is 0.353 e. The maximum atomic E-state index is 6.40. The summed E-state index contributed by atoms with van der Waals surface area (Å²) in [7, 11) is 0. The molecule has 6 heteroatoms. The lowest BCUT2D eigenvalue weighted by atomic mass is 9.92. The van der Waals surface area contributed by atoms with Crippen LogP contribution in [0.5, 0.6) is 0 Å². The summed E-state index contributed by atoms with van der Waals surface area (Å²) in [6.45, 7) is 10.4. The molecule has 0 saturated heterocycles. The average molecular weight is 696 g/mol. The zero-order chi connectivity index (χ0) is 36.2. The van der Waals surface area contributed by atoms with E-state index in [0.717, 1.165) is 34.2 Å². The van der Waals surface area contributed by atoms with Gasteiger partial charge in [0.25, 0.3) is 0 Å². The first kappa shape index (κ1) is 33.3. The van der Waals surface area contributed by atoms with Gasteiger partial charge in [0, 0.05) is 46.2 Å². The quantitative estimate of drug-likeness (QED) is 0.184. The lowest BCUT2D eigenvalue weighted by Gasteiger charge is -2.20. The average Bonchev–Trinajstić information content (AvgIpc) is 4.06. The third kappa shape index (κ3) is 5.38. The first-order valence-electron chi connectivity index (χ1n) is 19.1. The highest BCUT2D eigenvalue weighted by Crippen LogP contribution is 2.56. The molecule has 4 atom stereocenters. The molecule has 1 saturated carbocycles. The number of nitrogens with zero attached hydrogens (tertiary/aromatic N) is 5. The van der Waals surface area contributed by atoms with Crippen LogP contribution in [0.4, 0.5) is 0 Å². The molecule has 4 unspecified atom stereocenters. The summed E-state index contributed by atoms with van der Waals surface area (Å²) < 4.78 is 11.1. The molecule has 0 amide bonds. The van der Waals surface area contributed by atoms with Crippen LogP contribution in [0.2, 0.25) is 0 Å². The van der Waals surface area contributed by atoms with Gasteiger partial charge in [0.2, 0.25) is 0 Å². The second-order valence-electron chi connectivity index (χ2n) is 14.4. The lowest BCUT2D eigenvalue weighted by Crippen LogP contribution is -2.10. The van der Waals surface area contributed by atoms with E-state index in [0.29, 0.717) is 11.8 Å². The smallest absolute Gasteiger partial charge is 0.146 e. The standard InChI is InChI=1S/C25H20N2O.C20H19N3.C2H6/c1-15-9-8-10-16(2)21(15)27-22-20(26-25(27)17-11-4-3-5-12-17)23-18-13-6-7-14-19(18)24(22)28-23;1-13-7-8-16(12-21-13)20-22-18-14-9-10-15(11-14)19(18)23(20)17-5-3-2-4-6-17;1-2/h3-14,23-24H,1-2H3;2-8,12,14-15H,9-11H2,1H3;1-2H3. The monoisotopic (exact) mass is 695 g/mol. The van der Waals surface area contributed by atoms with Crippen molar-refractivity contribution < 1.29 is 4.74 Å². The first-order valence-corrected chi connectivity index (χ1v) is 19.1. The fraction of sp³-hybridized carbons (Fsp3) is 0.255. The molecule has 4 bridgehead atoms. The third-order valence-electron chi connectivity index (χ3n) is 11.3. The Morgan fingerprint density at radius 1 is 0.566 bits per heavy atom. The molecule has 5 heterocycles. The number of benzene rings is 4. The highest BCUT2D eigenvalue weighted by atomic mass is 16.5. The number of rotatable bonds is 4. The Balaban J connectivity index is 0.000000137. The predicted molar refractivity (Wildman–Crippen MR) is 212 cm³/mol. The molecule has 264 valence electrons. The van der Waals surface area contributed by atoms with Gasteiger partial charge in [0.05, 0.1) is 22.8 Å². The van der Waals surface area contributed by atoms with Gasteiger partial charge in [-0.1, -0.05) is 105 Å². The second kappa shape index (κ2) is 13.4. The number of pyridine rings is 1. The predicted octanol–water partition coefficient (Wildman–Crippen LogP) is 11.3. The van der Waals surface area contributed by atoms with Gasteiger partial charge in [0.15, 0.2) is 0 Å². The minimum absolute atomic E-state index is 0.0554. The number of aromatic nitrogens is 5. The van der Waals surface area contributed by atoms with Crippen molar-refractivity contribution in [1.29, 1.82) is 0 Å². The van der Waals surface area contributed by atoms with Gasteiger partial charge in [-0.15, -0.1) is 0 Å². The minimum atomic E-state index is -0.0655. The molecule has 0 N–H and O–H groups in total. The Kier molecular flexibility index (Phi) is 8.43. The number of fused-ring (bicyclic) bond motifs is 13. The number of hydrogen-bond donors (Lipinski definition) is 0. The van der Waals surface area contributed by atoms with Crippen LogP contribution in [0.1, 0.15) is 108 Å². The molecule has 3 aromatic heterocycles. The second-order valence-corrected chi connectivity index (χ2v) is 14.4. The van der Waals surface area contributed by atoms with Crippen molar-refractivity contribution in [2.75, 3.05) is 0 Å². The zero-order valence-electron chi connectivity index (χ0n) is 31.1. The van der Waals surface area contributed by atoms with Crippen molar-refractivity contribution in [3.63, 3.8) is 0 Å². The summed E-state index contributed by atoms with van der Waals surface area (Å²) in [6, 6.07) is 40.3. The number of ether oxygens (including phenoxy) is 1. The SMILES string of the molecule is CC.Cc1ccc(-c2nc3c(n2-c2ccccc2)C2CCC3C2)cn1.Cc1cccc(C)c1-n1c(-c2ccccc2)nc2c1C1OC2c2ccccc21. The fourth-order valence-corrected chi connectivity index (χ4v) is 9.01. The van der Waals surface area contributed by atoms with Crippen molar-refractivity contribution in [3.8, 4) is 34.2 Å². The van der Waals surface area contributed by atoms with Gasteiger partial charge in [-0.25, -0.2) is 9.97 Å². The Morgan fingerprint density at radius 2 is 1.19 bits per heavy atom. The normalized spacial score (nSPS) is 19.5. The molecule has 11 rings (SSSR count). The van der Waals surface area contributed by atoms with Crippen molar-refractivity contribution in [3.05, 3.63) is 172 Å². The Hall–Kier alpha value is -5.59. The highest BCUT2D eigenvalue weighted by molar-refractivity contribution is 5.67. The Labute approximate surface area is 312 Å². The van der Waals surface area contributed by atoms with Crippen molar-refractivity contribution in [2.24, 2.45) is 0 Å². The fourth-order valence-electron chi connectivity index (χ4n) is 9.01. The Bertz CT molecular complexity index is 2410. The lowest BCUT2D eigenvalue weighted by molar-refractivity contribution is 0.0814. The molecule has 2 aliphatic carbocycles. The molecule has 0 radical (unpaired) electrons. The van der Waals surface area contributed by atoms with Gasteiger partial charge < -0.3 is 4.74 Å². The zero-order valence-corrected chi connectivity index (χ0v) is 31.1. The van der Waals surface area contributed by atoms with E-state index in [1.165, 1.54) is 70.0 Å². The molecule has 2 aliphatic heterocycles. The van der Waals surface area contributed by atoms with Crippen LogP contribution < -0.4 is 0 Å². The summed E-state index contributed by atoms with van der Waals surface area (Å²) in [4.78, 5) is 14.7. The summed E-state index contributed by atoms with van der Waals surface area (Å²) in [5.74, 6) is 3.38. The van der Waals surface area contributed by atoms with E-state index in [9.17, 15) is 0 Å². The molecule has 7 aromatic rings. The number of imidazole rings is 2. The first-order chi connectivity index (χ1) is 26.0. The molecule has 6 nitrogen and oxygen atoms in total. The van der Waals surface area contributed by atoms with Gasteiger partial charge in [-0.05, 0) is 86.6 Å². The van der Waals surface area contributed by atoms with E-state index in [-0.39, 0.29) is 12.2 Å². The molecule has 53 heavy (non-hydrogen) atoms. The number of hydrogen-bond acceptors (Lipinski definition) is 4. The number of para-hydroxylation sites is 2. The van der Waals surface area contributed by atoms with Crippen LogP contribution >= 0.6 is 0 Å². The van der Waals surface area contributed by atoms with E-state index in [2.05, 4.69) is 137 Å². The van der Waals surface area contributed by atoms with E-state index in [1.807, 2.05) is 33.0 Å². The maximum Gasteiger partial charge on any atom is 0.146 e. The van der Waals surface area contributed by atoms with Gasteiger partial charge >= 0.3 is 0 Å². The highest BCUT2D eigenvalue weighted by Gasteiger charge is 2.48. The van der Waals surface area contributed by atoms with Crippen LogP contribution in [-0.2, 0) is 4.74 Å². The molecule has 4 aliphatic rings. The van der Waals surface area contributed by atoms with E-state index in [1.54, 1.807) is 0 Å². The van der Waals surface area contributed by atoms with Crippen LogP contribution in [-0.4, -0.2) is 24.1 Å². The minimum Gasteiger partial charge on any atom is -0.353 e. The van der Waals surface area contributed by atoms with Crippen LogP contribution in [0.15, 0.2) is 121 Å². The van der Waals surface area contributed by atoms with Gasteiger partial charge in [-0.2, -0.15) is 0 Å². The van der Waals surface area contributed by atoms with E-state index in [4.69, 9.17) is 14.7 Å². The van der Waals surface area contributed by atoms with Gasteiger partial charge in [-0.3, -0.25) is 14.1 Å². The van der Waals surface area contributed by atoms with Crippen LogP contribution in [0.25, 0.3) is 34.2 Å². The molecule has 1 fully saturated rings. The molecule has 4 aromatic carbocycles.